The van der Waals surface area contributed by atoms with Crippen LogP contribution in [0.4, 0.5) is 4.39 Å². The topological polar surface area (TPSA) is 32.3 Å². The fraction of sp³-hybridized carbons (Fsp3) is 0.381. The molecular formula is C21H25FN2OS. The Morgan fingerprint density at radius 3 is 2.46 bits per heavy atom. The maximum absolute atomic E-state index is 14.2. The van der Waals surface area contributed by atoms with Crippen LogP contribution in [0.25, 0.3) is 0 Å². The Bertz CT molecular complexity index is 717. The summed E-state index contributed by atoms with van der Waals surface area (Å²) in [6, 6.07) is 16.3. The van der Waals surface area contributed by atoms with Gasteiger partial charge in [-0.15, -0.1) is 11.8 Å². The van der Waals surface area contributed by atoms with Crippen LogP contribution in [0.1, 0.15) is 23.7 Å². The molecule has 3 nitrogen and oxygen atoms in total. The van der Waals surface area contributed by atoms with Crippen molar-refractivity contribution in [3.63, 3.8) is 0 Å². The zero-order valence-corrected chi connectivity index (χ0v) is 15.8. The first-order chi connectivity index (χ1) is 12.7. The molecule has 1 N–H and O–H groups in total. The number of piperidine rings is 1. The number of likely N-dealkylation sites (tertiary alicyclic amines) is 1. The Balaban J connectivity index is 1.78. The van der Waals surface area contributed by atoms with E-state index in [1.54, 1.807) is 18.2 Å². The molecule has 1 aliphatic heterocycles. The number of thioether (sulfide) groups is 1. The number of carbonyl (C=O) groups excluding carboxylic acids is 1. The van der Waals surface area contributed by atoms with Crippen molar-refractivity contribution >= 4 is 17.7 Å². The minimum atomic E-state index is -0.422. The molecule has 1 atom stereocenters. The maximum Gasteiger partial charge on any atom is 0.240 e. The van der Waals surface area contributed by atoms with Crippen LogP contribution < -0.4 is 5.32 Å². The summed E-state index contributed by atoms with van der Waals surface area (Å²) in [5, 5.41) is 2.80. The highest BCUT2D eigenvalue weighted by molar-refractivity contribution is 8.00. The Kier molecular flexibility index (Phi) is 6.69. The van der Waals surface area contributed by atoms with Crippen LogP contribution in [0.15, 0.2) is 59.5 Å². The molecule has 1 heterocycles. The molecule has 0 saturated carbocycles. The van der Waals surface area contributed by atoms with Crippen molar-refractivity contribution in [1.82, 2.24) is 10.2 Å². The molecule has 1 aliphatic rings. The first-order valence-electron chi connectivity index (χ1n) is 9.08. The van der Waals surface area contributed by atoms with E-state index in [-0.39, 0.29) is 11.7 Å². The quantitative estimate of drug-likeness (QED) is 0.774. The van der Waals surface area contributed by atoms with Crippen LogP contribution in [0.2, 0.25) is 0 Å². The second kappa shape index (κ2) is 9.19. The standard InChI is InChI=1S/C21H25FN2OS/c1-23-15-16-11-13-24(14-12-16)21(25)20(17-7-3-2-4-8-17)26-19-10-6-5-9-18(19)22/h2-10,16,20,23H,11-15H2,1H3. The summed E-state index contributed by atoms with van der Waals surface area (Å²) >= 11 is 1.30. The Hall–Kier alpha value is -1.85. The smallest absolute Gasteiger partial charge is 0.240 e. The number of halogens is 1. The van der Waals surface area contributed by atoms with Crippen LogP contribution in [0.3, 0.4) is 0 Å². The van der Waals surface area contributed by atoms with Gasteiger partial charge in [0.2, 0.25) is 5.91 Å². The summed E-state index contributed by atoms with van der Waals surface area (Å²) < 4.78 is 14.2. The molecular weight excluding hydrogens is 347 g/mol. The zero-order valence-electron chi connectivity index (χ0n) is 15.0. The first kappa shape index (κ1) is 18.9. The molecule has 26 heavy (non-hydrogen) atoms. The van der Waals surface area contributed by atoms with E-state index in [1.165, 1.54) is 17.8 Å². The molecule has 0 aromatic heterocycles. The molecule has 138 valence electrons. The van der Waals surface area contributed by atoms with Gasteiger partial charge in [-0.05, 0) is 50.0 Å². The largest absolute Gasteiger partial charge is 0.341 e. The summed E-state index contributed by atoms with van der Waals surface area (Å²) in [4.78, 5) is 15.7. The van der Waals surface area contributed by atoms with E-state index in [0.29, 0.717) is 10.8 Å². The minimum Gasteiger partial charge on any atom is -0.341 e. The summed E-state index contributed by atoms with van der Waals surface area (Å²) in [7, 11) is 1.97. The van der Waals surface area contributed by atoms with Crippen molar-refractivity contribution in [2.75, 3.05) is 26.7 Å². The van der Waals surface area contributed by atoms with Gasteiger partial charge in [-0.2, -0.15) is 0 Å². The van der Waals surface area contributed by atoms with Crippen LogP contribution in [-0.4, -0.2) is 37.5 Å². The van der Waals surface area contributed by atoms with Gasteiger partial charge in [-0.3, -0.25) is 4.79 Å². The molecule has 2 aromatic rings. The van der Waals surface area contributed by atoms with E-state index >= 15 is 0 Å². The highest BCUT2D eigenvalue weighted by Crippen LogP contribution is 2.38. The number of hydrogen-bond acceptors (Lipinski definition) is 3. The third-order valence-corrected chi connectivity index (χ3v) is 6.12. The van der Waals surface area contributed by atoms with E-state index in [4.69, 9.17) is 0 Å². The predicted molar refractivity (Wildman–Crippen MR) is 105 cm³/mol. The lowest BCUT2D eigenvalue weighted by Gasteiger charge is -2.34. The number of benzene rings is 2. The molecule has 2 aromatic carbocycles. The molecule has 1 saturated heterocycles. The van der Waals surface area contributed by atoms with Gasteiger partial charge < -0.3 is 10.2 Å². The van der Waals surface area contributed by atoms with Crippen molar-refractivity contribution < 1.29 is 9.18 Å². The lowest BCUT2D eigenvalue weighted by Crippen LogP contribution is -2.42. The number of nitrogens with one attached hydrogen (secondary N) is 1. The average Bonchev–Trinajstić information content (AvgIpc) is 2.68. The number of hydrogen-bond donors (Lipinski definition) is 1. The van der Waals surface area contributed by atoms with Crippen molar-refractivity contribution in [3.8, 4) is 0 Å². The van der Waals surface area contributed by atoms with E-state index in [0.717, 1.165) is 38.0 Å². The SMILES string of the molecule is CNCC1CCN(C(=O)C(Sc2ccccc2F)c2ccccc2)CC1. The maximum atomic E-state index is 14.2. The second-order valence-corrected chi connectivity index (χ2v) is 7.81. The summed E-state index contributed by atoms with van der Waals surface area (Å²) in [5.74, 6) is 0.421. The monoisotopic (exact) mass is 372 g/mol. The molecule has 0 bridgehead atoms. The minimum absolute atomic E-state index is 0.0763. The molecule has 0 spiro atoms. The fourth-order valence-electron chi connectivity index (χ4n) is 3.37. The van der Waals surface area contributed by atoms with Crippen molar-refractivity contribution in [3.05, 3.63) is 66.0 Å². The third-order valence-electron chi connectivity index (χ3n) is 4.83. The molecule has 0 aliphatic carbocycles. The van der Waals surface area contributed by atoms with Gasteiger partial charge in [0.1, 0.15) is 11.1 Å². The fourth-order valence-corrected chi connectivity index (χ4v) is 4.50. The van der Waals surface area contributed by atoms with Gasteiger partial charge >= 0.3 is 0 Å². The Morgan fingerprint density at radius 2 is 1.81 bits per heavy atom. The number of rotatable bonds is 6. The van der Waals surface area contributed by atoms with Gasteiger partial charge in [0.15, 0.2) is 0 Å². The number of amides is 1. The lowest BCUT2D eigenvalue weighted by atomic mass is 9.96. The van der Waals surface area contributed by atoms with E-state index in [1.807, 2.05) is 42.3 Å². The zero-order chi connectivity index (χ0) is 18.4. The second-order valence-electron chi connectivity index (χ2n) is 6.67. The molecule has 5 heteroatoms. The van der Waals surface area contributed by atoms with Crippen LogP contribution in [-0.2, 0) is 4.79 Å². The molecule has 1 unspecified atom stereocenters. The highest BCUT2D eigenvalue weighted by atomic mass is 32.2. The van der Waals surface area contributed by atoms with E-state index in [9.17, 15) is 9.18 Å². The van der Waals surface area contributed by atoms with Crippen LogP contribution in [0, 0.1) is 11.7 Å². The Morgan fingerprint density at radius 1 is 1.15 bits per heavy atom. The Labute approximate surface area is 159 Å². The van der Waals surface area contributed by atoms with Gasteiger partial charge in [0, 0.05) is 18.0 Å². The van der Waals surface area contributed by atoms with E-state index < -0.39 is 5.25 Å². The normalized spacial score (nSPS) is 16.5. The summed E-state index contributed by atoms with van der Waals surface area (Å²) in [6.07, 6.45) is 2.02. The average molecular weight is 373 g/mol. The molecule has 0 radical (unpaired) electrons. The summed E-state index contributed by atoms with van der Waals surface area (Å²) in [6.45, 7) is 2.53. The van der Waals surface area contributed by atoms with E-state index in [2.05, 4.69) is 5.32 Å². The summed E-state index contributed by atoms with van der Waals surface area (Å²) in [5.41, 5.74) is 0.920. The molecule has 3 rings (SSSR count). The predicted octanol–water partition coefficient (Wildman–Crippen LogP) is 4.12. The highest BCUT2D eigenvalue weighted by Gasteiger charge is 2.30. The third kappa shape index (κ3) is 4.65. The van der Waals surface area contributed by atoms with Gasteiger partial charge in [-0.1, -0.05) is 42.5 Å². The van der Waals surface area contributed by atoms with Crippen molar-refractivity contribution in [2.24, 2.45) is 5.92 Å². The first-order valence-corrected chi connectivity index (χ1v) is 9.96. The molecule has 1 amide bonds. The van der Waals surface area contributed by atoms with Crippen molar-refractivity contribution in [1.29, 1.82) is 0 Å². The lowest BCUT2D eigenvalue weighted by molar-refractivity contribution is -0.132. The van der Waals surface area contributed by atoms with Gasteiger partial charge in [0.05, 0.1) is 0 Å². The van der Waals surface area contributed by atoms with Gasteiger partial charge in [-0.25, -0.2) is 4.39 Å². The van der Waals surface area contributed by atoms with Crippen LogP contribution >= 0.6 is 11.8 Å². The van der Waals surface area contributed by atoms with Crippen molar-refractivity contribution in [2.45, 2.75) is 23.0 Å². The molecule has 1 fully saturated rings. The number of carbonyl (C=O) groups is 1. The van der Waals surface area contributed by atoms with Crippen LogP contribution in [0.5, 0.6) is 0 Å². The van der Waals surface area contributed by atoms with Gasteiger partial charge in [0.25, 0.3) is 0 Å². The number of nitrogens with zero attached hydrogens (tertiary/aromatic N) is 1.